The highest BCUT2D eigenvalue weighted by Gasteiger charge is 2.87. The smallest absolute Gasteiger partial charge is 0.339 e. The number of aliphatic hydroxyl groups is 4. The van der Waals surface area contributed by atoms with Gasteiger partial charge in [0.2, 0.25) is 11.6 Å². The van der Waals surface area contributed by atoms with E-state index in [4.69, 9.17) is 10.5 Å². The van der Waals surface area contributed by atoms with Gasteiger partial charge >= 0.3 is 5.97 Å². The Balaban J connectivity index is 1.80. The fourth-order valence-corrected chi connectivity index (χ4v) is 6.38. The normalized spacial score (nSPS) is 37.4. The number of epoxide rings is 1. The maximum absolute atomic E-state index is 14.0. The Labute approximate surface area is 198 Å². The number of fused-ring (bicyclic) bond motifs is 2. The van der Waals surface area contributed by atoms with Crippen molar-refractivity contribution in [2.24, 2.45) is 17.6 Å². The molecule has 12 nitrogen and oxygen atoms in total. The number of carbonyl (C=O) groups excluding carboxylic acids is 2. The first-order chi connectivity index (χ1) is 16.2. The van der Waals surface area contributed by atoms with Crippen molar-refractivity contribution in [3.63, 3.8) is 0 Å². The second-order valence-electron chi connectivity index (χ2n) is 9.67. The van der Waals surface area contributed by atoms with E-state index in [9.17, 15) is 45.0 Å². The van der Waals surface area contributed by atoms with Crippen LogP contribution in [0.5, 0.6) is 5.75 Å². The number of nitrogens with zero attached hydrogens (tertiary/aromatic N) is 1. The van der Waals surface area contributed by atoms with Gasteiger partial charge in [-0.3, -0.25) is 14.5 Å². The zero-order chi connectivity index (χ0) is 25.9. The van der Waals surface area contributed by atoms with Crippen LogP contribution in [-0.4, -0.2) is 90.8 Å². The van der Waals surface area contributed by atoms with Crippen LogP contribution in [0.3, 0.4) is 0 Å². The van der Waals surface area contributed by atoms with Gasteiger partial charge in [-0.2, -0.15) is 0 Å². The van der Waals surface area contributed by atoms with E-state index in [-0.39, 0.29) is 11.1 Å². The number of hydrogen-bond donors (Lipinski definition) is 7. The number of Topliss-reactive ketones (excluding diaryl/α,β-unsaturated/α-hetero) is 1. The fraction of sp³-hybridized carbons (Fsp3) is 0.435. The largest absolute Gasteiger partial charge is 0.510 e. The summed E-state index contributed by atoms with van der Waals surface area (Å²) in [6.07, 6.45) is -1.49. The molecule has 1 saturated carbocycles. The number of primary amides is 1. The van der Waals surface area contributed by atoms with Crippen molar-refractivity contribution in [3.05, 3.63) is 45.7 Å². The summed E-state index contributed by atoms with van der Waals surface area (Å²) in [5, 5.41) is 64.8. The van der Waals surface area contributed by atoms with E-state index in [1.165, 1.54) is 25.1 Å². The Hall–Kier alpha value is -3.45. The van der Waals surface area contributed by atoms with Crippen molar-refractivity contribution in [1.82, 2.24) is 4.90 Å². The molecule has 4 aliphatic rings. The number of carbonyl (C=O) groups is 3. The molecule has 8 N–H and O–H groups in total. The molecular formula is C23H24N2O10. The highest BCUT2D eigenvalue weighted by molar-refractivity contribution is 6.14. The summed E-state index contributed by atoms with van der Waals surface area (Å²) in [6, 6.07) is 1.39. The van der Waals surface area contributed by atoms with Gasteiger partial charge in [-0.25, -0.2) is 4.79 Å². The summed E-state index contributed by atoms with van der Waals surface area (Å²) in [4.78, 5) is 39.1. The molecule has 186 valence electrons. The number of rotatable bonds is 3. The summed E-state index contributed by atoms with van der Waals surface area (Å²) in [5.74, 6) is -11.5. The number of benzene rings is 1. The zero-order valence-corrected chi connectivity index (χ0v) is 18.9. The van der Waals surface area contributed by atoms with Crippen LogP contribution in [0, 0.1) is 11.8 Å². The van der Waals surface area contributed by atoms with Gasteiger partial charge in [0, 0.05) is 11.5 Å². The second-order valence-corrected chi connectivity index (χ2v) is 9.67. The van der Waals surface area contributed by atoms with Crippen LogP contribution in [0.15, 0.2) is 29.0 Å². The molecule has 1 spiro atoms. The molecule has 12 heteroatoms. The predicted molar refractivity (Wildman–Crippen MR) is 116 cm³/mol. The fourth-order valence-electron chi connectivity index (χ4n) is 6.38. The van der Waals surface area contributed by atoms with Gasteiger partial charge in [0.1, 0.15) is 28.4 Å². The van der Waals surface area contributed by atoms with Gasteiger partial charge < -0.3 is 41.1 Å². The van der Waals surface area contributed by atoms with Gasteiger partial charge in [-0.15, -0.1) is 0 Å². The molecule has 4 unspecified atom stereocenters. The zero-order valence-electron chi connectivity index (χ0n) is 18.9. The number of likely N-dealkylation sites (N-methyl/N-ethyl adjacent to an activating group) is 1. The minimum absolute atomic E-state index is 0.281. The topological polar surface area (TPSA) is 214 Å². The Morgan fingerprint density at radius 1 is 1.17 bits per heavy atom. The Bertz CT molecular complexity index is 1300. The monoisotopic (exact) mass is 488 g/mol. The Morgan fingerprint density at radius 2 is 1.80 bits per heavy atom. The van der Waals surface area contributed by atoms with E-state index in [1.807, 2.05) is 0 Å². The SMILES string of the molecule is CC1c2ccc(C(=O)O)c(O)c2C(O)=C2C(=O)[C@]34OC3(O)C(C(N)=O)=C(O)[C@@H](N(C)C)C4[C@@H](O)C21. The third kappa shape index (κ3) is 2.46. The van der Waals surface area contributed by atoms with Crippen molar-refractivity contribution in [1.29, 1.82) is 0 Å². The molecule has 1 aromatic carbocycles. The first-order valence-corrected chi connectivity index (χ1v) is 10.8. The summed E-state index contributed by atoms with van der Waals surface area (Å²) >= 11 is 0. The molecular weight excluding hydrogens is 464 g/mol. The molecule has 1 aromatic rings. The number of nitrogens with two attached hydrogens (primary N) is 1. The van der Waals surface area contributed by atoms with Crippen LogP contribution in [0.4, 0.5) is 0 Å². The maximum atomic E-state index is 14.0. The molecule has 1 heterocycles. The lowest BCUT2D eigenvalue weighted by atomic mass is 9.55. The van der Waals surface area contributed by atoms with E-state index in [0.717, 1.165) is 6.07 Å². The number of aliphatic hydroxyl groups excluding tert-OH is 3. The second kappa shape index (κ2) is 6.82. The van der Waals surface area contributed by atoms with Crippen LogP contribution >= 0.6 is 0 Å². The lowest BCUT2D eigenvalue weighted by Crippen LogP contribution is -2.65. The van der Waals surface area contributed by atoms with Crippen LogP contribution in [-0.2, 0) is 14.3 Å². The Morgan fingerprint density at radius 3 is 2.34 bits per heavy atom. The van der Waals surface area contributed by atoms with E-state index in [0.29, 0.717) is 5.56 Å². The quantitative estimate of drug-likeness (QED) is 0.265. The van der Waals surface area contributed by atoms with Crippen molar-refractivity contribution in [2.45, 2.75) is 36.4 Å². The molecule has 35 heavy (non-hydrogen) atoms. The van der Waals surface area contributed by atoms with Gasteiger partial charge in [0.05, 0.1) is 23.6 Å². The molecule has 5 rings (SSSR count). The van der Waals surface area contributed by atoms with Gasteiger partial charge in [0.15, 0.2) is 5.60 Å². The van der Waals surface area contributed by atoms with Gasteiger partial charge in [0.25, 0.3) is 5.91 Å². The van der Waals surface area contributed by atoms with Gasteiger partial charge in [-0.05, 0) is 31.6 Å². The van der Waals surface area contributed by atoms with E-state index < -0.39 is 87.4 Å². The number of aromatic hydroxyl groups is 1. The minimum Gasteiger partial charge on any atom is -0.510 e. The molecule has 0 radical (unpaired) electrons. The van der Waals surface area contributed by atoms with Crippen LogP contribution in [0.2, 0.25) is 0 Å². The molecule has 0 aromatic heterocycles. The number of carboxylic acid groups (broad SMARTS) is 1. The molecule has 1 saturated heterocycles. The number of phenols is 1. The summed E-state index contributed by atoms with van der Waals surface area (Å²) in [7, 11) is 3.07. The molecule has 1 aliphatic heterocycles. The highest BCUT2D eigenvalue weighted by Crippen LogP contribution is 2.68. The van der Waals surface area contributed by atoms with Crippen LogP contribution < -0.4 is 5.73 Å². The highest BCUT2D eigenvalue weighted by atomic mass is 16.8. The summed E-state index contributed by atoms with van der Waals surface area (Å²) in [6.45, 7) is 1.63. The molecule has 1 amide bonds. The van der Waals surface area contributed by atoms with E-state index in [2.05, 4.69) is 0 Å². The average Bonchev–Trinajstić information content (AvgIpc) is 3.38. The van der Waals surface area contributed by atoms with Crippen LogP contribution in [0.25, 0.3) is 5.76 Å². The third-order valence-electron chi connectivity index (χ3n) is 7.87. The molecule has 7 atom stereocenters. The molecule has 3 aliphatic carbocycles. The van der Waals surface area contributed by atoms with Crippen molar-refractivity contribution in [3.8, 4) is 5.75 Å². The first kappa shape index (κ1) is 23.3. The van der Waals surface area contributed by atoms with Crippen molar-refractivity contribution >= 4 is 23.4 Å². The van der Waals surface area contributed by atoms with Gasteiger partial charge in [-0.1, -0.05) is 13.0 Å². The Kier molecular flexibility index (Phi) is 4.54. The number of amides is 1. The lowest BCUT2D eigenvalue weighted by Gasteiger charge is -2.50. The van der Waals surface area contributed by atoms with E-state index in [1.54, 1.807) is 6.92 Å². The minimum atomic E-state index is -2.65. The van der Waals surface area contributed by atoms with Crippen LogP contribution in [0.1, 0.15) is 34.3 Å². The van der Waals surface area contributed by atoms with Crippen molar-refractivity contribution in [2.75, 3.05) is 14.1 Å². The average molecular weight is 488 g/mol. The number of hydrogen-bond acceptors (Lipinski definition) is 10. The molecule has 0 bridgehead atoms. The first-order valence-electron chi connectivity index (χ1n) is 10.8. The molecule has 2 fully saturated rings. The summed E-state index contributed by atoms with van der Waals surface area (Å²) < 4.78 is 5.48. The number of carboxylic acids is 1. The lowest BCUT2D eigenvalue weighted by molar-refractivity contribution is -0.136. The maximum Gasteiger partial charge on any atom is 0.339 e. The number of ketones is 1. The van der Waals surface area contributed by atoms with Crippen molar-refractivity contribution < 1.29 is 49.8 Å². The number of aromatic carboxylic acids is 1. The summed E-state index contributed by atoms with van der Waals surface area (Å²) in [5.41, 5.74) is 1.53. The predicted octanol–water partition coefficient (Wildman–Crippen LogP) is -0.649. The van der Waals surface area contributed by atoms with E-state index >= 15 is 0 Å². The third-order valence-corrected chi connectivity index (χ3v) is 7.87. The standard InChI is InChI=1S/C23H24N2O10/c1-6-7-4-5-8(21(32)33)15(26)10(7)16(27)11-9(6)17(28)12-14(25(2)3)18(29)13(20(24)31)23(34)22(12,35-23)19(11)30/h4-6,9,12,14,17,26-29,34H,1-3H3,(H2,24,31)(H,32,33)/t6?,9?,12?,14-,17-,22-,23?/m0/s1. The number of ether oxygens (including phenoxy) is 1.